The maximum absolute atomic E-state index is 11.9. The number of carbonyl (C=O) groups excluding carboxylic acids is 1. The molecule has 2 amide bonds. The normalized spacial score (nSPS) is 11.1. The second kappa shape index (κ2) is 9.13. The first-order chi connectivity index (χ1) is 12.7. The summed E-state index contributed by atoms with van der Waals surface area (Å²) in [4.78, 5) is 11.9. The number of anilines is 1. The maximum atomic E-state index is 11.9. The lowest BCUT2D eigenvalue weighted by atomic mass is 9.87. The summed E-state index contributed by atoms with van der Waals surface area (Å²) >= 11 is 3.55. The smallest absolute Gasteiger partial charge is 0.319 e. The number of phenols is 1. The molecule has 2 aromatic rings. The third-order valence-electron chi connectivity index (χ3n) is 4.06. The van der Waals surface area contributed by atoms with E-state index in [-0.39, 0.29) is 17.2 Å². The number of aryl methyl sites for hydroxylation is 1. The van der Waals surface area contributed by atoms with Crippen LogP contribution in [-0.2, 0) is 5.41 Å². The summed E-state index contributed by atoms with van der Waals surface area (Å²) < 4.78 is 6.71. The number of hydrogen-bond donors (Lipinski definition) is 3. The summed E-state index contributed by atoms with van der Waals surface area (Å²) in [5.41, 5.74) is 2.68. The van der Waals surface area contributed by atoms with Crippen LogP contribution in [0, 0.1) is 6.92 Å². The zero-order valence-corrected chi connectivity index (χ0v) is 17.8. The highest BCUT2D eigenvalue weighted by Gasteiger charge is 2.15. The van der Waals surface area contributed by atoms with Gasteiger partial charge in [0.2, 0.25) is 0 Å². The number of carbonyl (C=O) groups is 1. The molecule has 2 aromatic carbocycles. The molecule has 6 heteroatoms. The molecule has 0 aliphatic heterocycles. The van der Waals surface area contributed by atoms with E-state index in [4.69, 9.17) is 4.74 Å². The fourth-order valence-corrected chi connectivity index (χ4v) is 2.95. The quantitative estimate of drug-likeness (QED) is 0.423. The Morgan fingerprint density at radius 1 is 1.19 bits per heavy atom. The molecule has 0 bridgehead atoms. The summed E-state index contributed by atoms with van der Waals surface area (Å²) in [5, 5.41) is 15.1. The van der Waals surface area contributed by atoms with Crippen LogP contribution in [0.25, 0.3) is 0 Å². The monoisotopic (exact) mass is 434 g/mol. The molecule has 0 spiro atoms. The first-order valence-corrected chi connectivity index (χ1v) is 9.73. The van der Waals surface area contributed by atoms with E-state index >= 15 is 0 Å². The number of phenolic OH excluding ortho intramolecular Hbond substituents is 1. The van der Waals surface area contributed by atoms with E-state index in [1.165, 1.54) is 5.56 Å². The minimum absolute atomic E-state index is 0.0441. The topological polar surface area (TPSA) is 70.6 Å². The molecular formula is C21H27BrN2O3. The number of nitrogens with one attached hydrogen (secondary N) is 2. The third-order valence-corrected chi connectivity index (χ3v) is 4.68. The maximum Gasteiger partial charge on any atom is 0.319 e. The standard InChI is InChI=1S/C21H27BrN2O3/c1-14-6-8-18(25)17(12-14)24-20(26)23-10-5-11-27-19-9-7-15(13-16(19)22)21(2,3)4/h6-9,12-13,25H,5,10-11H2,1-4H3,(H2,23,24,26). The number of urea groups is 1. The van der Waals surface area contributed by atoms with Gasteiger partial charge in [-0.05, 0) is 70.1 Å². The second-order valence-corrected chi connectivity index (χ2v) is 8.35. The average molecular weight is 435 g/mol. The van der Waals surface area contributed by atoms with Gasteiger partial charge in [-0.25, -0.2) is 4.79 Å². The Morgan fingerprint density at radius 2 is 1.93 bits per heavy atom. The van der Waals surface area contributed by atoms with Gasteiger partial charge >= 0.3 is 6.03 Å². The van der Waals surface area contributed by atoms with E-state index in [9.17, 15) is 9.90 Å². The second-order valence-electron chi connectivity index (χ2n) is 7.50. The largest absolute Gasteiger partial charge is 0.506 e. The van der Waals surface area contributed by atoms with E-state index < -0.39 is 0 Å². The van der Waals surface area contributed by atoms with Crippen molar-refractivity contribution in [3.8, 4) is 11.5 Å². The Hall–Kier alpha value is -2.21. The summed E-state index contributed by atoms with van der Waals surface area (Å²) in [6.07, 6.45) is 0.667. The van der Waals surface area contributed by atoms with Crippen molar-refractivity contribution in [2.45, 2.75) is 39.5 Å². The summed E-state index contributed by atoms with van der Waals surface area (Å²) in [7, 11) is 0. The fraction of sp³-hybridized carbons (Fsp3) is 0.381. The Bertz CT molecular complexity index is 800. The molecule has 0 aliphatic carbocycles. The minimum atomic E-state index is -0.355. The van der Waals surface area contributed by atoms with E-state index in [0.29, 0.717) is 25.3 Å². The van der Waals surface area contributed by atoms with E-state index in [2.05, 4.69) is 59.5 Å². The molecule has 3 N–H and O–H groups in total. The number of rotatable bonds is 6. The van der Waals surface area contributed by atoms with Crippen LogP contribution in [0.5, 0.6) is 11.5 Å². The van der Waals surface area contributed by atoms with Gasteiger partial charge in [-0.2, -0.15) is 0 Å². The Balaban J connectivity index is 1.74. The molecule has 0 heterocycles. The van der Waals surface area contributed by atoms with Crippen LogP contribution in [0.3, 0.4) is 0 Å². The van der Waals surface area contributed by atoms with Crippen molar-refractivity contribution >= 4 is 27.6 Å². The SMILES string of the molecule is Cc1ccc(O)c(NC(=O)NCCCOc2ccc(C(C)(C)C)cc2Br)c1. The molecule has 0 aromatic heterocycles. The lowest BCUT2D eigenvalue weighted by molar-refractivity contribution is 0.250. The van der Waals surface area contributed by atoms with Gasteiger partial charge in [0.25, 0.3) is 0 Å². The zero-order valence-electron chi connectivity index (χ0n) is 16.2. The van der Waals surface area contributed by atoms with Gasteiger partial charge in [-0.15, -0.1) is 0 Å². The first kappa shape index (κ1) is 21.1. The summed E-state index contributed by atoms with van der Waals surface area (Å²) in [5.74, 6) is 0.833. The highest BCUT2D eigenvalue weighted by atomic mass is 79.9. The molecule has 0 aliphatic rings. The first-order valence-electron chi connectivity index (χ1n) is 8.94. The molecule has 0 atom stereocenters. The molecule has 0 unspecified atom stereocenters. The fourth-order valence-electron chi connectivity index (χ4n) is 2.46. The lowest BCUT2D eigenvalue weighted by Crippen LogP contribution is -2.30. The minimum Gasteiger partial charge on any atom is -0.506 e. The van der Waals surface area contributed by atoms with Crippen molar-refractivity contribution in [1.29, 1.82) is 0 Å². The number of halogens is 1. The van der Waals surface area contributed by atoms with Crippen molar-refractivity contribution in [3.05, 3.63) is 52.0 Å². The predicted octanol–water partition coefficient (Wildman–Crippen LogP) is 5.35. The van der Waals surface area contributed by atoms with Crippen molar-refractivity contribution in [2.75, 3.05) is 18.5 Å². The number of hydrogen-bond acceptors (Lipinski definition) is 3. The van der Waals surface area contributed by atoms with E-state index in [0.717, 1.165) is 15.8 Å². The van der Waals surface area contributed by atoms with Crippen molar-refractivity contribution < 1.29 is 14.6 Å². The highest BCUT2D eigenvalue weighted by Crippen LogP contribution is 2.31. The Labute approximate surface area is 169 Å². The summed E-state index contributed by atoms with van der Waals surface area (Å²) in [6, 6.07) is 10.8. The van der Waals surface area contributed by atoms with Crippen LogP contribution < -0.4 is 15.4 Å². The molecule has 5 nitrogen and oxygen atoms in total. The summed E-state index contributed by atoms with van der Waals surface area (Å²) in [6.45, 7) is 9.36. The Kier molecular flexibility index (Phi) is 7.13. The molecule has 0 radical (unpaired) electrons. The number of amides is 2. The number of ether oxygens (including phenoxy) is 1. The van der Waals surface area contributed by atoms with Crippen LogP contribution in [0.1, 0.15) is 38.3 Å². The zero-order chi connectivity index (χ0) is 20.0. The number of benzene rings is 2. The van der Waals surface area contributed by atoms with Gasteiger partial charge in [-0.1, -0.05) is 32.9 Å². The van der Waals surface area contributed by atoms with Crippen LogP contribution in [0.2, 0.25) is 0 Å². The van der Waals surface area contributed by atoms with Gasteiger partial charge in [0, 0.05) is 6.54 Å². The van der Waals surface area contributed by atoms with Crippen molar-refractivity contribution in [1.82, 2.24) is 5.32 Å². The van der Waals surface area contributed by atoms with Crippen LogP contribution in [-0.4, -0.2) is 24.3 Å². The van der Waals surface area contributed by atoms with Crippen LogP contribution in [0.4, 0.5) is 10.5 Å². The molecular weight excluding hydrogens is 408 g/mol. The average Bonchev–Trinajstić information content (AvgIpc) is 2.58. The number of aromatic hydroxyl groups is 1. The highest BCUT2D eigenvalue weighted by molar-refractivity contribution is 9.10. The van der Waals surface area contributed by atoms with E-state index in [1.807, 2.05) is 13.0 Å². The van der Waals surface area contributed by atoms with Crippen LogP contribution >= 0.6 is 15.9 Å². The van der Waals surface area contributed by atoms with Gasteiger partial charge in [0.15, 0.2) is 0 Å². The molecule has 0 saturated heterocycles. The van der Waals surface area contributed by atoms with Crippen molar-refractivity contribution in [3.63, 3.8) is 0 Å². The van der Waals surface area contributed by atoms with Gasteiger partial charge in [-0.3, -0.25) is 0 Å². The molecule has 27 heavy (non-hydrogen) atoms. The molecule has 0 saturated carbocycles. The van der Waals surface area contributed by atoms with Crippen molar-refractivity contribution in [2.24, 2.45) is 0 Å². The molecule has 146 valence electrons. The predicted molar refractivity (Wildman–Crippen MR) is 113 cm³/mol. The Morgan fingerprint density at radius 3 is 2.59 bits per heavy atom. The molecule has 2 rings (SSSR count). The lowest BCUT2D eigenvalue weighted by Gasteiger charge is -2.20. The van der Waals surface area contributed by atoms with Gasteiger partial charge in [0.1, 0.15) is 11.5 Å². The molecule has 0 fully saturated rings. The van der Waals surface area contributed by atoms with E-state index in [1.54, 1.807) is 18.2 Å². The van der Waals surface area contributed by atoms with Gasteiger partial charge < -0.3 is 20.5 Å². The third kappa shape index (κ3) is 6.47. The van der Waals surface area contributed by atoms with Crippen LogP contribution in [0.15, 0.2) is 40.9 Å². The van der Waals surface area contributed by atoms with Gasteiger partial charge in [0.05, 0.1) is 16.8 Å².